The van der Waals surface area contributed by atoms with E-state index in [1.165, 1.54) is 6.92 Å². The summed E-state index contributed by atoms with van der Waals surface area (Å²) in [6.07, 6.45) is -0.346. The lowest BCUT2D eigenvalue weighted by atomic mass is 9.79. The van der Waals surface area contributed by atoms with Gasteiger partial charge in [0, 0.05) is 21.8 Å². The molecule has 0 spiro atoms. The van der Waals surface area contributed by atoms with Crippen LogP contribution in [0.15, 0.2) is 14.0 Å². The number of phenolic OH excluding ortho intramolecular Hbond substituents is 1. The third kappa shape index (κ3) is 1.60. The molecule has 4 rings (SSSR count). The van der Waals surface area contributed by atoms with Crippen LogP contribution in [-0.2, 0) is 5.41 Å². The lowest BCUT2D eigenvalue weighted by molar-refractivity contribution is 0.187. The molecular formula is C18H16O7. The van der Waals surface area contributed by atoms with Crippen LogP contribution in [0.25, 0.3) is 21.7 Å². The first-order valence-electron chi connectivity index (χ1n) is 7.79. The van der Waals surface area contributed by atoms with Gasteiger partial charge in [-0.1, -0.05) is 13.8 Å². The minimum atomic E-state index is -0.936. The van der Waals surface area contributed by atoms with Gasteiger partial charge in [0.05, 0.1) is 10.9 Å². The maximum absolute atomic E-state index is 13.1. The van der Waals surface area contributed by atoms with Crippen molar-refractivity contribution in [3.8, 4) is 23.2 Å². The van der Waals surface area contributed by atoms with Crippen molar-refractivity contribution in [1.29, 1.82) is 0 Å². The highest BCUT2D eigenvalue weighted by atomic mass is 16.5. The van der Waals surface area contributed by atoms with Crippen molar-refractivity contribution in [2.45, 2.75) is 39.2 Å². The van der Waals surface area contributed by atoms with Gasteiger partial charge in [-0.3, -0.25) is 9.59 Å². The quantitative estimate of drug-likeness (QED) is 0.572. The van der Waals surface area contributed by atoms with E-state index >= 15 is 0 Å². The zero-order chi connectivity index (χ0) is 18.4. The summed E-state index contributed by atoms with van der Waals surface area (Å²) in [5, 5.41) is 30.4. The fourth-order valence-electron chi connectivity index (χ4n) is 3.61. The Morgan fingerprint density at radius 1 is 0.960 bits per heavy atom. The van der Waals surface area contributed by atoms with Crippen LogP contribution < -0.4 is 15.6 Å². The van der Waals surface area contributed by atoms with Crippen LogP contribution in [0.2, 0.25) is 0 Å². The number of aromatic hydroxyl groups is 3. The molecule has 0 bridgehead atoms. The second-order valence-electron chi connectivity index (χ2n) is 7.03. The van der Waals surface area contributed by atoms with Gasteiger partial charge in [0.25, 0.3) is 0 Å². The molecule has 0 aliphatic carbocycles. The molecule has 1 unspecified atom stereocenters. The molecule has 3 aromatic rings. The molecule has 7 heteroatoms. The summed E-state index contributed by atoms with van der Waals surface area (Å²) < 4.78 is 10.9. The lowest BCUT2D eigenvalue weighted by Gasteiger charge is -2.21. The summed E-state index contributed by atoms with van der Waals surface area (Å²) in [4.78, 5) is 25.5. The highest BCUT2D eigenvalue weighted by molar-refractivity contribution is 6.16. The molecule has 3 N–H and O–H groups in total. The monoisotopic (exact) mass is 344 g/mol. The van der Waals surface area contributed by atoms with Gasteiger partial charge in [-0.25, -0.2) is 0 Å². The molecule has 130 valence electrons. The Hall–Kier alpha value is -2.96. The molecule has 0 saturated carbocycles. The van der Waals surface area contributed by atoms with Crippen LogP contribution in [-0.4, -0.2) is 21.4 Å². The Morgan fingerprint density at radius 3 is 2.24 bits per heavy atom. The van der Waals surface area contributed by atoms with E-state index in [4.69, 9.17) is 9.15 Å². The maximum Gasteiger partial charge on any atom is 0.327 e. The number of fused-ring (bicyclic) bond motifs is 2. The number of ether oxygens (including phenoxy) is 1. The van der Waals surface area contributed by atoms with Gasteiger partial charge in [-0.05, 0) is 13.8 Å². The summed E-state index contributed by atoms with van der Waals surface area (Å²) in [7, 11) is 0. The van der Waals surface area contributed by atoms with Crippen molar-refractivity contribution >= 4 is 21.7 Å². The first-order valence-corrected chi connectivity index (χ1v) is 7.79. The normalized spacial score (nSPS) is 18.6. The fraction of sp³-hybridized carbons (Fsp3) is 0.333. The minimum absolute atomic E-state index is 0.0681. The molecule has 1 aliphatic heterocycles. The van der Waals surface area contributed by atoms with Crippen molar-refractivity contribution in [3.63, 3.8) is 0 Å². The first-order chi connectivity index (χ1) is 11.6. The zero-order valence-electron chi connectivity index (χ0n) is 14.1. The molecular weight excluding hydrogens is 328 g/mol. The zero-order valence-corrected chi connectivity index (χ0v) is 14.1. The number of rotatable bonds is 0. The molecule has 2 aromatic carbocycles. The molecule has 0 fully saturated rings. The predicted octanol–water partition coefficient (Wildman–Crippen LogP) is 2.23. The maximum atomic E-state index is 13.1. The van der Waals surface area contributed by atoms with Crippen molar-refractivity contribution in [2.75, 3.05) is 0 Å². The topological polar surface area (TPSA) is 117 Å². The van der Waals surface area contributed by atoms with Crippen molar-refractivity contribution in [1.82, 2.24) is 0 Å². The lowest BCUT2D eigenvalue weighted by Crippen LogP contribution is -2.32. The van der Waals surface area contributed by atoms with E-state index in [1.807, 2.05) is 20.8 Å². The standard InChI is InChI=1S/C18H16O7/c1-5-7-8-9(12(20)10-15(7)24-6(2)18(10,3)4)13(21)17(23)25-16(8)14(22)11(5)19/h6,21-23H,1-4H3. The third-order valence-electron chi connectivity index (χ3n) is 5.37. The largest absolute Gasteiger partial charge is 0.502 e. The van der Waals surface area contributed by atoms with Gasteiger partial charge in [-0.15, -0.1) is 0 Å². The average molecular weight is 344 g/mol. The van der Waals surface area contributed by atoms with Crippen LogP contribution >= 0.6 is 0 Å². The summed E-state index contributed by atoms with van der Waals surface area (Å²) >= 11 is 0. The Bertz CT molecular complexity index is 1190. The molecule has 7 nitrogen and oxygen atoms in total. The molecule has 1 aliphatic rings. The van der Waals surface area contributed by atoms with E-state index in [0.29, 0.717) is 10.9 Å². The summed E-state index contributed by atoms with van der Waals surface area (Å²) in [6.45, 7) is 6.98. The highest BCUT2D eigenvalue weighted by Crippen LogP contribution is 2.50. The fourth-order valence-corrected chi connectivity index (χ4v) is 3.61. The SMILES string of the molecule is Cc1c(=O)c(O)c2oc(O)c(O)c3c(=O)c4c(c1c23)OC(C)C4(C)C. The van der Waals surface area contributed by atoms with Gasteiger partial charge < -0.3 is 24.5 Å². The number of hydrogen-bond donors (Lipinski definition) is 3. The van der Waals surface area contributed by atoms with E-state index in [1.54, 1.807) is 0 Å². The Labute approximate surface area is 141 Å². The van der Waals surface area contributed by atoms with Gasteiger partial charge in [0.1, 0.15) is 11.9 Å². The first kappa shape index (κ1) is 15.6. The molecule has 0 saturated heterocycles. The van der Waals surface area contributed by atoms with E-state index < -0.39 is 33.7 Å². The van der Waals surface area contributed by atoms with E-state index in [0.717, 1.165) is 0 Å². The number of hydrogen-bond acceptors (Lipinski definition) is 7. The molecule has 0 amide bonds. The smallest absolute Gasteiger partial charge is 0.327 e. The van der Waals surface area contributed by atoms with Crippen LogP contribution in [0.1, 0.15) is 31.9 Å². The van der Waals surface area contributed by atoms with Gasteiger partial charge >= 0.3 is 5.95 Å². The molecule has 1 atom stereocenters. The summed E-state index contributed by atoms with van der Waals surface area (Å²) in [6, 6.07) is 0. The number of benzene rings is 2. The molecule has 25 heavy (non-hydrogen) atoms. The molecule has 1 aromatic heterocycles. The van der Waals surface area contributed by atoms with Gasteiger partial charge in [0.15, 0.2) is 11.0 Å². The van der Waals surface area contributed by atoms with Gasteiger partial charge in [-0.2, -0.15) is 0 Å². The number of phenols is 1. The Balaban J connectivity index is 2.47. The van der Waals surface area contributed by atoms with Crippen LogP contribution in [0.3, 0.4) is 0 Å². The summed E-state index contributed by atoms with van der Waals surface area (Å²) in [5.74, 6) is -2.13. The van der Waals surface area contributed by atoms with Crippen molar-refractivity contribution in [3.05, 3.63) is 31.6 Å². The second kappa shape index (κ2) is 4.36. The molecule has 2 heterocycles. The minimum Gasteiger partial charge on any atom is -0.502 e. The second-order valence-corrected chi connectivity index (χ2v) is 7.03. The van der Waals surface area contributed by atoms with Crippen LogP contribution in [0.4, 0.5) is 0 Å². The van der Waals surface area contributed by atoms with E-state index in [2.05, 4.69) is 0 Å². The van der Waals surface area contributed by atoms with Crippen molar-refractivity contribution in [2.24, 2.45) is 0 Å². The third-order valence-corrected chi connectivity index (χ3v) is 5.37. The van der Waals surface area contributed by atoms with E-state index in [-0.39, 0.29) is 33.8 Å². The van der Waals surface area contributed by atoms with Crippen molar-refractivity contribution < 1.29 is 24.5 Å². The highest BCUT2D eigenvalue weighted by Gasteiger charge is 2.44. The van der Waals surface area contributed by atoms with E-state index in [9.17, 15) is 24.9 Å². The predicted molar refractivity (Wildman–Crippen MR) is 90.3 cm³/mol. The summed E-state index contributed by atoms with van der Waals surface area (Å²) in [5.41, 5.74) is -1.73. The van der Waals surface area contributed by atoms with Crippen LogP contribution in [0, 0.1) is 6.92 Å². The Morgan fingerprint density at radius 2 is 1.60 bits per heavy atom. The Kier molecular flexibility index (Phi) is 2.71. The average Bonchev–Trinajstić information content (AvgIpc) is 2.77. The van der Waals surface area contributed by atoms with Gasteiger partial charge in [0.2, 0.25) is 16.9 Å². The number of aryl methyl sites for hydroxylation is 1. The molecule has 0 radical (unpaired) electrons. The van der Waals surface area contributed by atoms with Crippen LogP contribution in [0.5, 0.6) is 23.2 Å².